The fourth-order valence-electron chi connectivity index (χ4n) is 5.52. The minimum absolute atomic E-state index is 0.230. The summed E-state index contributed by atoms with van der Waals surface area (Å²) < 4.78 is 28.3. The van der Waals surface area contributed by atoms with Crippen LogP contribution in [0.3, 0.4) is 0 Å². The molecule has 0 aromatic heterocycles. The topological polar surface area (TPSA) is 49.4 Å². The predicted molar refractivity (Wildman–Crippen MR) is 156 cm³/mol. The Morgan fingerprint density at radius 3 is 2.28 bits per heavy atom. The Labute approximate surface area is 224 Å². The number of rotatable bonds is 13. The number of para-hydroxylation sites is 1. The lowest BCUT2D eigenvalue weighted by atomic mass is 9.79. The lowest BCUT2D eigenvalue weighted by molar-refractivity contribution is 0.270. The summed E-state index contributed by atoms with van der Waals surface area (Å²) in [6.07, 6.45) is 10.5. The molecule has 3 rings (SSSR count). The lowest BCUT2D eigenvalue weighted by Crippen LogP contribution is -2.38. The highest BCUT2D eigenvalue weighted by atomic mass is 32.2. The normalized spacial score (nSPS) is 17.4. The molecule has 0 unspecified atom stereocenters. The molecule has 1 heterocycles. The minimum atomic E-state index is -3.46. The highest BCUT2D eigenvalue weighted by molar-refractivity contribution is 7.98. The van der Waals surface area contributed by atoms with E-state index >= 15 is 0 Å². The first-order chi connectivity index (χ1) is 17.3. The Bertz CT molecular complexity index is 1060. The van der Waals surface area contributed by atoms with E-state index in [2.05, 4.69) is 74.5 Å². The van der Waals surface area contributed by atoms with E-state index in [0.717, 1.165) is 79.7 Å². The van der Waals surface area contributed by atoms with Crippen LogP contribution in [0, 0.1) is 5.41 Å². The van der Waals surface area contributed by atoms with E-state index in [1.54, 1.807) is 11.8 Å². The average molecular weight is 531 g/mol. The maximum absolute atomic E-state index is 14.2. The standard InChI is InChI=1S/C30H46N2O2S2/c1-6-9-17-30(18-10-7-2)22-32(26-15-12-11-13-16-26)27-20-28(35-5)25(21-31-24(4)14-8-3)19-29(27)36(33,34)23-30/h11-13,15-16,19-20,24,31H,6-10,14,17-18,21-23H2,1-5H3/t24-/m0/s1. The smallest absolute Gasteiger partial charge is 0.181 e. The van der Waals surface area contributed by atoms with Gasteiger partial charge >= 0.3 is 0 Å². The summed E-state index contributed by atoms with van der Waals surface area (Å²) in [5.41, 5.74) is 2.73. The number of benzene rings is 2. The van der Waals surface area contributed by atoms with Crippen LogP contribution >= 0.6 is 11.8 Å². The number of thioether (sulfide) groups is 1. The van der Waals surface area contributed by atoms with Gasteiger partial charge in [0.25, 0.3) is 0 Å². The molecule has 0 saturated carbocycles. The first-order valence-electron chi connectivity index (χ1n) is 13.8. The molecule has 2 aromatic rings. The van der Waals surface area contributed by atoms with Gasteiger partial charge in [0.05, 0.1) is 16.3 Å². The van der Waals surface area contributed by atoms with Gasteiger partial charge in [-0.25, -0.2) is 8.42 Å². The molecule has 0 spiro atoms. The summed E-state index contributed by atoms with van der Waals surface area (Å²) in [5, 5.41) is 3.62. The monoisotopic (exact) mass is 530 g/mol. The van der Waals surface area contributed by atoms with Gasteiger partial charge in [0.15, 0.2) is 9.84 Å². The van der Waals surface area contributed by atoms with Crippen LogP contribution in [0.1, 0.15) is 84.6 Å². The van der Waals surface area contributed by atoms with Crippen molar-refractivity contribution in [2.45, 2.75) is 101 Å². The predicted octanol–water partition coefficient (Wildman–Crippen LogP) is 7.98. The molecular formula is C30H46N2O2S2. The van der Waals surface area contributed by atoms with Crippen molar-refractivity contribution < 1.29 is 8.42 Å². The molecule has 1 aliphatic heterocycles. The summed E-state index contributed by atoms with van der Waals surface area (Å²) in [4.78, 5) is 3.96. The Hall–Kier alpha value is -1.50. The molecule has 1 aliphatic rings. The summed E-state index contributed by atoms with van der Waals surface area (Å²) >= 11 is 1.70. The summed E-state index contributed by atoms with van der Waals surface area (Å²) in [5.74, 6) is 0.230. The first kappa shape index (κ1) is 29.1. The third-order valence-corrected chi connectivity index (χ3v) is 10.3. The van der Waals surface area contributed by atoms with Gasteiger partial charge in [0.2, 0.25) is 0 Å². The summed E-state index contributed by atoms with van der Waals surface area (Å²) in [6.45, 7) is 10.2. The number of hydrogen-bond donors (Lipinski definition) is 1. The van der Waals surface area contributed by atoms with Crippen LogP contribution in [0.15, 0.2) is 52.3 Å². The first-order valence-corrected chi connectivity index (χ1v) is 16.7. The van der Waals surface area contributed by atoms with Gasteiger partial charge in [-0.3, -0.25) is 0 Å². The maximum atomic E-state index is 14.2. The number of hydrogen-bond acceptors (Lipinski definition) is 5. The van der Waals surface area contributed by atoms with Crippen LogP contribution in [-0.4, -0.2) is 33.0 Å². The second kappa shape index (κ2) is 13.3. The third kappa shape index (κ3) is 7.08. The Morgan fingerprint density at radius 2 is 1.69 bits per heavy atom. The molecule has 0 fully saturated rings. The van der Waals surface area contributed by atoms with E-state index in [1.807, 2.05) is 12.1 Å². The van der Waals surface area contributed by atoms with Gasteiger partial charge in [-0.15, -0.1) is 11.8 Å². The highest BCUT2D eigenvalue weighted by Crippen LogP contribution is 2.46. The van der Waals surface area contributed by atoms with Crippen LogP contribution in [0.2, 0.25) is 0 Å². The van der Waals surface area contributed by atoms with E-state index in [-0.39, 0.29) is 11.2 Å². The molecule has 4 nitrogen and oxygen atoms in total. The molecule has 36 heavy (non-hydrogen) atoms. The van der Waals surface area contributed by atoms with E-state index in [4.69, 9.17) is 0 Å². The number of nitrogens with zero attached hydrogens (tertiary/aromatic N) is 1. The molecule has 1 N–H and O–H groups in total. The Kier molecular flexibility index (Phi) is 10.8. The molecule has 2 aromatic carbocycles. The van der Waals surface area contributed by atoms with Gasteiger partial charge in [0, 0.05) is 35.1 Å². The van der Waals surface area contributed by atoms with Gasteiger partial charge < -0.3 is 10.2 Å². The molecule has 0 radical (unpaired) electrons. The van der Waals surface area contributed by atoms with Crippen molar-refractivity contribution in [3.8, 4) is 0 Å². The van der Waals surface area contributed by atoms with Crippen molar-refractivity contribution in [1.29, 1.82) is 0 Å². The van der Waals surface area contributed by atoms with Gasteiger partial charge in [-0.05, 0) is 62.3 Å². The van der Waals surface area contributed by atoms with Crippen molar-refractivity contribution in [2.24, 2.45) is 5.41 Å². The van der Waals surface area contributed by atoms with Gasteiger partial charge in [0.1, 0.15) is 0 Å². The minimum Gasteiger partial charge on any atom is -0.340 e. The fraction of sp³-hybridized carbons (Fsp3) is 0.600. The van der Waals surface area contributed by atoms with Crippen molar-refractivity contribution in [1.82, 2.24) is 5.32 Å². The van der Waals surface area contributed by atoms with E-state index in [0.29, 0.717) is 17.5 Å². The molecule has 200 valence electrons. The van der Waals surface area contributed by atoms with Gasteiger partial charge in [-0.2, -0.15) is 0 Å². The number of sulfone groups is 1. The van der Waals surface area contributed by atoms with E-state index in [1.165, 1.54) is 0 Å². The summed E-state index contributed by atoms with van der Waals surface area (Å²) in [6, 6.07) is 14.9. The number of fused-ring (bicyclic) bond motifs is 1. The van der Waals surface area contributed by atoms with Crippen molar-refractivity contribution in [3.05, 3.63) is 48.0 Å². The lowest BCUT2D eigenvalue weighted by Gasteiger charge is -2.37. The van der Waals surface area contributed by atoms with E-state index < -0.39 is 9.84 Å². The summed E-state index contributed by atoms with van der Waals surface area (Å²) in [7, 11) is -3.46. The van der Waals surface area contributed by atoms with Crippen molar-refractivity contribution in [2.75, 3.05) is 23.5 Å². The van der Waals surface area contributed by atoms with Crippen LogP contribution in [-0.2, 0) is 16.4 Å². The zero-order valence-electron chi connectivity index (χ0n) is 23.0. The largest absolute Gasteiger partial charge is 0.340 e. The Balaban J connectivity index is 2.16. The molecule has 6 heteroatoms. The average Bonchev–Trinajstić information content (AvgIpc) is 2.97. The highest BCUT2D eigenvalue weighted by Gasteiger charge is 2.42. The number of anilines is 2. The maximum Gasteiger partial charge on any atom is 0.181 e. The number of unbranched alkanes of at least 4 members (excludes halogenated alkanes) is 2. The van der Waals surface area contributed by atoms with Crippen molar-refractivity contribution in [3.63, 3.8) is 0 Å². The molecule has 0 saturated heterocycles. The third-order valence-electron chi connectivity index (χ3n) is 7.53. The second-order valence-corrected chi connectivity index (χ2v) is 13.4. The van der Waals surface area contributed by atoms with Gasteiger partial charge in [-0.1, -0.05) is 71.1 Å². The van der Waals surface area contributed by atoms with E-state index in [9.17, 15) is 8.42 Å². The van der Waals surface area contributed by atoms with Crippen LogP contribution < -0.4 is 10.2 Å². The quantitative estimate of drug-likeness (QED) is 0.266. The van der Waals surface area contributed by atoms with Crippen LogP contribution in [0.4, 0.5) is 11.4 Å². The Morgan fingerprint density at radius 1 is 1.03 bits per heavy atom. The SMILES string of the molecule is CCCCC1(CCCC)CN(c2ccccc2)c2cc(SC)c(CN[C@@H](C)CCC)cc2S(=O)(=O)C1. The molecule has 0 aliphatic carbocycles. The molecule has 0 bridgehead atoms. The zero-order valence-corrected chi connectivity index (χ0v) is 24.6. The molecule has 0 amide bonds. The number of nitrogens with one attached hydrogen (secondary N) is 1. The van der Waals surface area contributed by atoms with Crippen LogP contribution in [0.25, 0.3) is 0 Å². The van der Waals surface area contributed by atoms with Crippen molar-refractivity contribution >= 4 is 33.0 Å². The zero-order chi connectivity index (χ0) is 26.2. The molecule has 1 atom stereocenters. The fourth-order valence-corrected chi connectivity index (χ4v) is 8.29. The van der Waals surface area contributed by atoms with Crippen LogP contribution in [0.5, 0.6) is 0 Å². The second-order valence-electron chi connectivity index (χ2n) is 10.6. The molecular weight excluding hydrogens is 484 g/mol.